The Bertz CT molecular complexity index is 1300. The Morgan fingerprint density at radius 2 is 1.92 bits per heavy atom. The zero-order valence-electron chi connectivity index (χ0n) is 21.0. The van der Waals surface area contributed by atoms with E-state index in [4.69, 9.17) is 10.5 Å². The van der Waals surface area contributed by atoms with Crippen LogP contribution in [-0.4, -0.2) is 68.2 Å². The van der Waals surface area contributed by atoms with E-state index < -0.39 is 11.8 Å². The summed E-state index contributed by atoms with van der Waals surface area (Å²) >= 11 is 0. The van der Waals surface area contributed by atoms with Gasteiger partial charge < -0.3 is 20.7 Å². The molecule has 1 aliphatic carbocycles. The minimum Gasteiger partial charge on any atom is -0.383 e. The molecule has 10 heteroatoms. The van der Waals surface area contributed by atoms with Gasteiger partial charge in [0.2, 0.25) is 0 Å². The fourth-order valence-corrected chi connectivity index (χ4v) is 5.62. The standard InChI is InChI=1S/C27H33N7O3/c1-17-14-33(22(16-32(17)19-10-11-19)18-7-3-2-4-8-18)27(36)26(35)30-21-13-29-25(28)20-15-34(31-24(20)21)23-9-5-6-12-37-23/h2-4,7-8,13,15,17,19,22-23H,5-6,9-12,14,16H2,1H3,(H2,28,29)(H,30,35). The van der Waals surface area contributed by atoms with E-state index in [1.54, 1.807) is 15.8 Å². The van der Waals surface area contributed by atoms with Gasteiger partial charge >= 0.3 is 11.8 Å². The van der Waals surface area contributed by atoms with Crippen LogP contribution >= 0.6 is 0 Å². The first-order chi connectivity index (χ1) is 18.0. The first kappa shape index (κ1) is 23.9. The van der Waals surface area contributed by atoms with Gasteiger partial charge in [0.15, 0.2) is 0 Å². The number of hydrogen-bond donors (Lipinski definition) is 2. The Kier molecular flexibility index (Phi) is 6.29. The highest BCUT2D eigenvalue weighted by molar-refractivity contribution is 6.40. The van der Waals surface area contributed by atoms with Crippen molar-refractivity contribution >= 4 is 34.2 Å². The maximum atomic E-state index is 13.6. The van der Waals surface area contributed by atoms with Crippen molar-refractivity contribution in [3.63, 3.8) is 0 Å². The van der Waals surface area contributed by atoms with Gasteiger partial charge in [-0.1, -0.05) is 30.3 Å². The van der Waals surface area contributed by atoms with Crippen LogP contribution in [-0.2, 0) is 14.3 Å². The molecule has 0 radical (unpaired) electrons. The summed E-state index contributed by atoms with van der Waals surface area (Å²) in [5.74, 6) is -0.948. The van der Waals surface area contributed by atoms with Gasteiger partial charge in [0.25, 0.3) is 0 Å². The van der Waals surface area contributed by atoms with Gasteiger partial charge in [-0.25, -0.2) is 9.67 Å². The normalized spacial score (nSPS) is 24.8. The summed E-state index contributed by atoms with van der Waals surface area (Å²) in [7, 11) is 0. The number of nitrogen functional groups attached to an aromatic ring is 1. The van der Waals surface area contributed by atoms with Gasteiger partial charge in [-0.2, -0.15) is 5.10 Å². The molecule has 3 N–H and O–H groups in total. The van der Waals surface area contributed by atoms with Crippen molar-refractivity contribution in [3.05, 3.63) is 48.3 Å². The first-order valence-corrected chi connectivity index (χ1v) is 13.2. The maximum Gasteiger partial charge on any atom is 0.314 e. The largest absolute Gasteiger partial charge is 0.383 e. The molecule has 2 amide bonds. The van der Waals surface area contributed by atoms with Crippen molar-refractivity contribution in [1.29, 1.82) is 0 Å². The number of carbonyl (C=O) groups excluding carboxylic acids is 2. The molecular formula is C27H33N7O3. The predicted octanol–water partition coefficient (Wildman–Crippen LogP) is 3.09. The number of ether oxygens (including phenoxy) is 1. The van der Waals surface area contributed by atoms with Crippen LogP contribution in [0.1, 0.15) is 56.9 Å². The van der Waals surface area contributed by atoms with E-state index in [0.717, 1.165) is 24.8 Å². The monoisotopic (exact) mass is 503 g/mol. The van der Waals surface area contributed by atoms with Crippen LogP contribution in [0.2, 0.25) is 0 Å². The molecule has 3 aromatic rings. The van der Waals surface area contributed by atoms with Crippen molar-refractivity contribution in [1.82, 2.24) is 24.6 Å². The second kappa shape index (κ2) is 9.75. The molecule has 2 saturated heterocycles. The second-order valence-corrected chi connectivity index (χ2v) is 10.4. The van der Waals surface area contributed by atoms with Gasteiger partial charge in [-0.05, 0) is 44.6 Å². The zero-order valence-corrected chi connectivity index (χ0v) is 21.0. The van der Waals surface area contributed by atoms with Crippen molar-refractivity contribution in [3.8, 4) is 0 Å². The Morgan fingerprint density at radius 3 is 2.65 bits per heavy atom. The summed E-state index contributed by atoms with van der Waals surface area (Å²) in [5, 5.41) is 8.06. The van der Waals surface area contributed by atoms with E-state index in [2.05, 4.69) is 27.2 Å². The lowest BCUT2D eigenvalue weighted by atomic mass is 9.99. The number of nitrogens with two attached hydrogens (primary N) is 1. The minimum atomic E-state index is -0.704. The van der Waals surface area contributed by atoms with E-state index in [-0.39, 0.29) is 18.3 Å². The topological polar surface area (TPSA) is 119 Å². The number of nitrogens with zero attached hydrogens (tertiary/aromatic N) is 5. The number of amides is 2. The van der Waals surface area contributed by atoms with Gasteiger partial charge in [0.05, 0.1) is 23.3 Å². The molecule has 6 rings (SSSR count). The quantitative estimate of drug-likeness (QED) is 0.525. The Morgan fingerprint density at radius 1 is 1.11 bits per heavy atom. The van der Waals surface area contributed by atoms with E-state index in [1.807, 2.05) is 30.3 Å². The van der Waals surface area contributed by atoms with Crippen LogP contribution in [0.3, 0.4) is 0 Å². The molecule has 4 heterocycles. The molecule has 0 spiro atoms. The highest BCUT2D eigenvalue weighted by atomic mass is 16.5. The summed E-state index contributed by atoms with van der Waals surface area (Å²) in [6.07, 6.45) is 8.41. The van der Waals surface area contributed by atoms with Crippen LogP contribution in [0.4, 0.5) is 11.5 Å². The number of hydrogen-bond acceptors (Lipinski definition) is 7. The van der Waals surface area contributed by atoms with E-state index >= 15 is 0 Å². The fourth-order valence-electron chi connectivity index (χ4n) is 5.62. The van der Waals surface area contributed by atoms with Crippen molar-refractivity contribution < 1.29 is 14.3 Å². The third kappa shape index (κ3) is 4.67. The zero-order chi connectivity index (χ0) is 25.5. The van der Waals surface area contributed by atoms with Gasteiger partial charge in [0, 0.05) is 38.0 Å². The van der Waals surface area contributed by atoms with Crippen LogP contribution in [0, 0.1) is 0 Å². The Labute approximate surface area is 215 Å². The number of piperazine rings is 1. The third-order valence-electron chi connectivity index (χ3n) is 7.74. The lowest BCUT2D eigenvalue weighted by molar-refractivity contribution is -0.148. The lowest BCUT2D eigenvalue weighted by Gasteiger charge is -2.45. The highest BCUT2D eigenvalue weighted by Crippen LogP contribution is 2.36. The first-order valence-electron chi connectivity index (χ1n) is 13.2. The number of anilines is 2. The van der Waals surface area contributed by atoms with Crippen molar-refractivity contribution in [2.24, 2.45) is 0 Å². The number of carbonyl (C=O) groups is 2. The molecular weight excluding hydrogens is 470 g/mol. The van der Waals surface area contributed by atoms with Crippen LogP contribution in [0.15, 0.2) is 42.7 Å². The number of fused-ring (bicyclic) bond motifs is 1. The average Bonchev–Trinajstić information content (AvgIpc) is 3.67. The maximum absolute atomic E-state index is 13.6. The van der Waals surface area contributed by atoms with Crippen molar-refractivity contribution in [2.45, 2.75) is 63.4 Å². The van der Waals surface area contributed by atoms with E-state index in [0.29, 0.717) is 48.1 Å². The van der Waals surface area contributed by atoms with Crippen LogP contribution in [0.25, 0.3) is 10.9 Å². The van der Waals surface area contributed by atoms with Crippen LogP contribution in [0.5, 0.6) is 0 Å². The average molecular weight is 504 g/mol. The molecule has 3 aliphatic rings. The minimum absolute atomic E-state index is 0.179. The molecule has 10 nitrogen and oxygen atoms in total. The summed E-state index contributed by atoms with van der Waals surface area (Å²) in [4.78, 5) is 35.3. The van der Waals surface area contributed by atoms with E-state index in [9.17, 15) is 9.59 Å². The SMILES string of the molecule is CC1CN(C(=O)C(=O)Nc2cnc(N)c3cn(C4CCCCO4)nc23)C(c2ccccc2)CN1C1CC1. The Balaban J connectivity index is 1.25. The summed E-state index contributed by atoms with van der Waals surface area (Å²) < 4.78 is 7.59. The van der Waals surface area contributed by atoms with Gasteiger partial charge in [0.1, 0.15) is 17.6 Å². The molecule has 1 aromatic carbocycles. The molecule has 2 aliphatic heterocycles. The number of aromatic nitrogens is 3. The second-order valence-electron chi connectivity index (χ2n) is 10.4. The fraction of sp³-hybridized carbons (Fsp3) is 0.481. The summed E-state index contributed by atoms with van der Waals surface area (Å²) in [6.45, 7) is 4.02. The highest BCUT2D eigenvalue weighted by Gasteiger charge is 2.42. The van der Waals surface area contributed by atoms with Crippen molar-refractivity contribution in [2.75, 3.05) is 30.7 Å². The molecule has 2 aromatic heterocycles. The molecule has 37 heavy (non-hydrogen) atoms. The number of rotatable bonds is 4. The molecule has 194 valence electrons. The number of benzene rings is 1. The number of nitrogens with one attached hydrogen (secondary N) is 1. The summed E-state index contributed by atoms with van der Waals surface area (Å²) in [5.41, 5.74) is 8.00. The smallest absolute Gasteiger partial charge is 0.314 e. The molecule has 0 bridgehead atoms. The van der Waals surface area contributed by atoms with E-state index in [1.165, 1.54) is 19.0 Å². The van der Waals surface area contributed by atoms with Gasteiger partial charge in [-0.15, -0.1) is 0 Å². The predicted molar refractivity (Wildman–Crippen MR) is 139 cm³/mol. The third-order valence-corrected chi connectivity index (χ3v) is 7.74. The summed E-state index contributed by atoms with van der Waals surface area (Å²) in [6, 6.07) is 10.5. The molecule has 3 unspecified atom stereocenters. The molecule has 3 atom stereocenters. The lowest BCUT2D eigenvalue weighted by Crippen LogP contribution is -2.57. The molecule has 1 saturated carbocycles. The number of pyridine rings is 1. The van der Waals surface area contributed by atoms with Gasteiger partial charge in [-0.3, -0.25) is 14.5 Å². The van der Waals surface area contributed by atoms with Crippen LogP contribution < -0.4 is 11.1 Å². The Hall–Kier alpha value is -3.50. The molecule has 3 fully saturated rings.